The summed E-state index contributed by atoms with van der Waals surface area (Å²) in [4.78, 5) is 0. The number of rotatable bonds is 3. The van der Waals surface area contributed by atoms with E-state index < -0.39 is 5.72 Å². The summed E-state index contributed by atoms with van der Waals surface area (Å²) in [6.45, 7) is 0. The summed E-state index contributed by atoms with van der Waals surface area (Å²) >= 11 is 6.55. The second-order valence-electron chi connectivity index (χ2n) is 5.99. The number of halogens is 1. The van der Waals surface area contributed by atoms with Crippen molar-refractivity contribution in [2.45, 2.75) is 12.1 Å². The van der Waals surface area contributed by atoms with Gasteiger partial charge in [0.05, 0.1) is 0 Å². The summed E-state index contributed by atoms with van der Waals surface area (Å²) in [6.07, 6.45) is 0.730. The van der Waals surface area contributed by atoms with Crippen LogP contribution in [0, 0.1) is 0 Å². The Hall–Kier alpha value is -2.29. The minimum absolute atomic E-state index is 0.558. The standard InChI is InChI=1S/C21H18ClNO/c1-23-21(16-10-6-3-7-11-16)14-17-19(24-21)13-12-18(22)20(17)15-8-4-2-5-9-15/h2-13,23H,14H2,1H3. The first kappa shape index (κ1) is 15.3. The summed E-state index contributed by atoms with van der Waals surface area (Å²) in [5.41, 5.74) is 3.87. The highest BCUT2D eigenvalue weighted by atomic mass is 35.5. The maximum Gasteiger partial charge on any atom is 0.191 e. The molecule has 0 amide bonds. The predicted molar refractivity (Wildman–Crippen MR) is 98.4 cm³/mol. The maximum atomic E-state index is 6.55. The first-order valence-corrected chi connectivity index (χ1v) is 8.41. The second-order valence-corrected chi connectivity index (χ2v) is 6.39. The van der Waals surface area contributed by atoms with Crippen LogP contribution in [0.25, 0.3) is 11.1 Å². The van der Waals surface area contributed by atoms with E-state index in [4.69, 9.17) is 16.3 Å². The fraction of sp³-hybridized carbons (Fsp3) is 0.143. The van der Waals surface area contributed by atoms with Crippen LogP contribution in [-0.4, -0.2) is 7.05 Å². The summed E-state index contributed by atoms with van der Waals surface area (Å²) < 4.78 is 6.38. The number of nitrogens with one attached hydrogen (secondary N) is 1. The molecule has 0 saturated carbocycles. The third-order valence-electron chi connectivity index (χ3n) is 4.64. The zero-order chi connectivity index (χ0) is 16.6. The molecule has 3 heteroatoms. The van der Waals surface area contributed by atoms with Crippen molar-refractivity contribution < 1.29 is 4.74 Å². The van der Waals surface area contributed by atoms with E-state index in [2.05, 4.69) is 29.6 Å². The molecule has 0 radical (unpaired) electrons. The Morgan fingerprint density at radius 2 is 1.58 bits per heavy atom. The van der Waals surface area contributed by atoms with Crippen LogP contribution in [0.15, 0.2) is 72.8 Å². The number of hydrogen-bond donors (Lipinski definition) is 1. The van der Waals surface area contributed by atoms with E-state index in [1.165, 1.54) is 0 Å². The van der Waals surface area contributed by atoms with E-state index in [1.54, 1.807) is 0 Å². The van der Waals surface area contributed by atoms with Gasteiger partial charge >= 0.3 is 0 Å². The topological polar surface area (TPSA) is 21.3 Å². The Kier molecular flexibility index (Phi) is 3.79. The van der Waals surface area contributed by atoms with Gasteiger partial charge < -0.3 is 4.74 Å². The molecule has 3 aromatic rings. The van der Waals surface area contributed by atoms with Crippen molar-refractivity contribution in [3.05, 3.63) is 88.9 Å². The lowest BCUT2D eigenvalue weighted by molar-refractivity contribution is 0.0623. The molecule has 4 rings (SSSR count). The molecule has 0 bridgehead atoms. The monoisotopic (exact) mass is 335 g/mol. The number of ether oxygens (including phenoxy) is 1. The molecule has 1 N–H and O–H groups in total. The van der Waals surface area contributed by atoms with E-state index in [1.807, 2.05) is 55.6 Å². The molecular weight excluding hydrogens is 318 g/mol. The fourth-order valence-corrected chi connectivity index (χ4v) is 3.70. The molecule has 1 aliphatic rings. The lowest BCUT2D eigenvalue weighted by Gasteiger charge is -2.28. The molecule has 0 aromatic heterocycles. The van der Waals surface area contributed by atoms with E-state index in [0.29, 0.717) is 0 Å². The van der Waals surface area contributed by atoms with Gasteiger partial charge in [0, 0.05) is 28.1 Å². The van der Waals surface area contributed by atoms with E-state index >= 15 is 0 Å². The maximum absolute atomic E-state index is 6.55. The van der Waals surface area contributed by atoms with Gasteiger partial charge in [-0.05, 0) is 24.7 Å². The van der Waals surface area contributed by atoms with Crippen LogP contribution >= 0.6 is 11.6 Å². The molecule has 0 aliphatic carbocycles. The highest BCUT2D eigenvalue weighted by molar-refractivity contribution is 6.33. The van der Waals surface area contributed by atoms with E-state index in [0.717, 1.165) is 39.4 Å². The fourth-order valence-electron chi connectivity index (χ4n) is 3.41. The largest absolute Gasteiger partial charge is 0.468 e. The Morgan fingerprint density at radius 1 is 0.917 bits per heavy atom. The van der Waals surface area contributed by atoms with E-state index in [9.17, 15) is 0 Å². The molecule has 1 atom stereocenters. The first-order chi connectivity index (χ1) is 11.7. The molecular formula is C21H18ClNO. The molecule has 0 saturated heterocycles. The van der Waals surface area contributed by atoms with Gasteiger partial charge in [-0.15, -0.1) is 0 Å². The molecule has 1 aliphatic heterocycles. The molecule has 3 aromatic carbocycles. The number of likely N-dealkylation sites (N-methyl/N-ethyl adjacent to an activating group) is 1. The van der Waals surface area contributed by atoms with Gasteiger partial charge in [-0.3, -0.25) is 5.32 Å². The van der Waals surface area contributed by atoms with Crippen molar-refractivity contribution in [2.24, 2.45) is 0 Å². The lowest BCUT2D eigenvalue weighted by Crippen LogP contribution is -2.44. The van der Waals surface area contributed by atoms with Gasteiger partial charge in [-0.2, -0.15) is 0 Å². The molecule has 1 unspecified atom stereocenters. The summed E-state index contributed by atoms with van der Waals surface area (Å²) in [5.74, 6) is 0.886. The highest BCUT2D eigenvalue weighted by Crippen LogP contribution is 2.46. The summed E-state index contributed by atoms with van der Waals surface area (Å²) in [7, 11) is 1.93. The molecule has 2 nitrogen and oxygen atoms in total. The smallest absolute Gasteiger partial charge is 0.191 e. The molecule has 24 heavy (non-hydrogen) atoms. The van der Waals surface area contributed by atoms with Crippen LogP contribution < -0.4 is 10.1 Å². The molecule has 0 spiro atoms. The third kappa shape index (κ3) is 2.39. The third-order valence-corrected chi connectivity index (χ3v) is 4.95. The normalized spacial score (nSPS) is 18.9. The highest BCUT2D eigenvalue weighted by Gasteiger charge is 2.41. The van der Waals surface area contributed by atoms with Crippen LogP contribution in [0.4, 0.5) is 0 Å². The average Bonchev–Trinajstić information content (AvgIpc) is 3.03. The zero-order valence-corrected chi connectivity index (χ0v) is 14.2. The minimum Gasteiger partial charge on any atom is -0.468 e. The minimum atomic E-state index is -0.558. The van der Waals surface area contributed by atoms with Gasteiger partial charge in [0.15, 0.2) is 5.72 Å². The van der Waals surface area contributed by atoms with Gasteiger partial charge in [-0.1, -0.05) is 72.3 Å². The van der Waals surface area contributed by atoms with Gasteiger partial charge in [0.2, 0.25) is 0 Å². The Balaban J connectivity index is 1.85. The quantitative estimate of drug-likeness (QED) is 0.726. The van der Waals surface area contributed by atoms with Crippen molar-refractivity contribution in [2.75, 3.05) is 7.05 Å². The molecule has 120 valence electrons. The van der Waals surface area contributed by atoms with Crippen molar-refractivity contribution in [1.29, 1.82) is 0 Å². The Bertz CT molecular complexity index is 864. The SMILES string of the molecule is CNC1(c2ccccc2)Cc2c(ccc(Cl)c2-c2ccccc2)O1. The first-order valence-electron chi connectivity index (χ1n) is 8.04. The average molecular weight is 336 g/mol. The number of hydrogen-bond acceptors (Lipinski definition) is 2. The lowest BCUT2D eigenvalue weighted by atomic mass is 9.92. The van der Waals surface area contributed by atoms with Gasteiger partial charge in [-0.25, -0.2) is 0 Å². The molecule has 1 heterocycles. The second kappa shape index (κ2) is 5.97. The summed E-state index contributed by atoms with van der Waals surface area (Å²) in [6, 6.07) is 24.4. The van der Waals surface area contributed by atoms with Crippen LogP contribution in [0.5, 0.6) is 5.75 Å². The van der Waals surface area contributed by atoms with Crippen LogP contribution in [0.1, 0.15) is 11.1 Å². The van der Waals surface area contributed by atoms with Gasteiger partial charge in [0.1, 0.15) is 5.75 Å². The van der Waals surface area contributed by atoms with Crippen molar-refractivity contribution >= 4 is 11.6 Å². The molecule has 0 fully saturated rings. The van der Waals surface area contributed by atoms with Crippen molar-refractivity contribution in [1.82, 2.24) is 5.32 Å². The van der Waals surface area contributed by atoms with Crippen molar-refractivity contribution in [3.8, 4) is 16.9 Å². The Labute approximate surface area is 147 Å². The Morgan fingerprint density at radius 3 is 2.25 bits per heavy atom. The van der Waals surface area contributed by atoms with Crippen LogP contribution in [0.2, 0.25) is 5.02 Å². The predicted octanol–water partition coefficient (Wildman–Crippen LogP) is 5.01. The van der Waals surface area contributed by atoms with Gasteiger partial charge in [0.25, 0.3) is 0 Å². The summed E-state index contributed by atoms with van der Waals surface area (Å²) in [5, 5.41) is 4.13. The number of benzene rings is 3. The van der Waals surface area contributed by atoms with Crippen LogP contribution in [-0.2, 0) is 12.1 Å². The van der Waals surface area contributed by atoms with Crippen molar-refractivity contribution in [3.63, 3.8) is 0 Å². The van der Waals surface area contributed by atoms with E-state index in [-0.39, 0.29) is 0 Å². The van der Waals surface area contributed by atoms with Crippen LogP contribution in [0.3, 0.4) is 0 Å². The zero-order valence-electron chi connectivity index (χ0n) is 13.4. The number of fused-ring (bicyclic) bond motifs is 1.